The molecular formula is C27H34ClN3O3Si. The van der Waals surface area contributed by atoms with Crippen LogP contribution in [0, 0.1) is 0 Å². The van der Waals surface area contributed by atoms with Crippen molar-refractivity contribution in [3.63, 3.8) is 0 Å². The predicted octanol–water partition coefficient (Wildman–Crippen LogP) is 8.14. The number of nitrogens with zero attached hydrogens (tertiary/aromatic N) is 2. The van der Waals surface area contributed by atoms with Gasteiger partial charge in [0.25, 0.3) is 0 Å². The maximum atomic E-state index is 13.4. The van der Waals surface area contributed by atoms with Gasteiger partial charge in [-0.25, -0.2) is 9.36 Å². The van der Waals surface area contributed by atoms with Crippen LogP contribution in [0.25, 0.3) is 33.2 Å². The number of H-pyrrole nitrogens is 1. The Morgan fingerprint density at radius 2 is 1.77 bits per heavy atom. The Hall–Kier alpha value is -2.61. The van der Waals surface area contributed by atoms with Gasteiger partial charge in [-0.1, -0.05) is 38.4 Å². The summed E-state index contributed by atoms with van der Waals surface area (Å²) in [6.07, 6.45) is -0.446. The number of hydrogen-bond donors (Lipinski definition) is 1. The quantitative estimate of drug-likeness (QED) is 0.281. The molecule has 0 bridgehead atoms. The molecule has 2 aromatic heterocycles. The minimum absolute atomic E-state index is 0.133. The van der Waals surface area contributed by atoms with Crippen LogP contribution in [0.3, 0.4) is 0 Å². The van der Waals surface area contributed by atoms with Gasteiger partial charge in [-0.2, -0.15) is 5.10 Å². The van der Waals surface area contributed by atoms with Crippen LogP contribution in [0.5, 0.6) is 0 Å². The number of rotatable bonds is 4. The molecule has 0 radical (unpaired) electrons. The van der Waals surface area contributed by atoms with Gasteiger partial charge in [-0.3, -0.25) is 5.10 Å². The third-order valence-corrected chi connectivity index (χ3v) is 11.3. The van der Waals surface area contributed by atoms with E-state index in [1.54, 1.807) is 4.57 Å². The number of aromatic nitrogens is 3. The average Bonchev–Trinajstić information content (AvgIpc) is 3.30. The Morgan fingerprint density at radius 3 is 2.43 bits per heavy atom. The van der Waals surface area contributed by atoms with Crippen LogP contribution in [0.15, 0.2) is 42.5 Å². The Kier molecular flexibility index (Phi) is 6.41. The van der Waals surface area contributed by atoms with Crippen molar-refractivity contribution in [1.82, 2.24) is 14.8 Å². The second-order valence-electron chi connectivity index (χ2n) is 11.5. The highest BCUT2D eigenvalue weighted by Gasteiger charge is 2.37. The summed E-state index contributed by atoms with van der Waals surface area (Å²) in [5, 5.41) is 10.1. The summed E-state index contributed by atoms with van der Waals surface area (Å²) in [7, 11) is -1.89. The van der Waals surface area contributed by atoms with Crippen molar-refractivity contribution in [2.45, 2.75) is 71.9 Å². The first-order valence-corrected chi connectivity index (χ1v) is 15.1. The van der Waals surface area contributed by atoms with Gasteiger partial charge >= 0.3 is 6.09 Å². The van der Waals surface area contributed by atoms with Crippen molar-refractivity contribution in [3.05, 3.63) is 53.1 Å². The number of carbonyl (C=O) groups excluding carboxylic acids is 1. The molecule has 0 aliphatic rings. The van der Waals surface area contributed by atoms with Gasteiger partial charge in [0.2, 0.25) is 0 Å². The van der Waals surface area contributed by atoms with Crippen molar-refractivity contribution >= 4 is 47.8 Å². The number of nitrogens with one attached hydrogen (secondary N) is 1. The second kappa shape index (κ2) is 8.80. The van der Waals surface area contributed by atoms with E-state index in [9.17, 15) is 4.79 Å². The van der Waals surface area contributed by atoms with Gasteiger partial charge in [-0.15, -0.1) is 0 Å². The molecule has 4 rings (SSSR count). The van der Waals surface area contributed by atoms with E-state index in [-0.39, 0.29) is 5.04 Å². The highest BCUT2D eigenvalue weighted by Crippen LogP contribution is 2.38. The van der Waals surface area contributed by atoms with E-state index in [0.717, 1.165) is 27.4 Å². The number of carbonyl (C=O) groups is 1. The molecule has 6 nitrogen and oxygen atoms in total. The third-order valence-electron chi connectivity index (χ3n) is 6.62. The normalized spacial score (nSPS) is 13.1. The zero-order valence-electron chi connectivity index (χ0n) is 21.7. The Labute approximate surface area is 212 Å². The van der Waals surface area contributed by atoms with Crippen molar-refractivity contribution in [1.29, 1.82) is 0 Å². The minimum Gasteiger partial charge on any atom is -0.443 e. The summed E-state index contributed by atoms with van der Waals surface area (Å²) in [6, 6.07) is 13.6. The second-order valence-corrected chi connectivity index (χ2v) is 16.8. The van der Waals surface area contributed by atoms with Crippen LogP contribution in [-0.2, 0) is 15.8 Å². The highest BCUT2D eigenvalue weighted by molar-refractivity contribution is 6.74. The van der Waals surface area contributed by atoms with Crippen molar-refractivity contribution in [2.75, 3.05) is 0 Å². The first-order valence-electron chi connectivity index (χ1n) is 11.8. The van der Waals surface area contributed by atoms with Crippen LogP contribution in [0.1, 0.15) is 47.1 Å². The molecule has 0 saturated heterocycles. The molecule has 0 spiro atoms. The molecule has 4 aromatic rings. The molecule has 35 heavy (non-hydrogen) atoms. The van der Waals surface area contributed by atoms with Gasteiger partial charge in [0.05, 0.1) is 23.3 Å². The fourth-order valence-corrected chi connectivity index (χ4v) is 4.83. The molecule has 0 fully saturated rings. The number of ether oxygens (including phenoxy) is 1. The van der Waals surface area contributed by atoms with Crippen LogP contribution in [0.4, 0.5) is 4.79 Å². The molecule has 2 heterocycles. The minimum atomic E-state index is -1.89. The average molecular weight is 512 g/mol. The number of benzene rings is 2. The van der Waals surface area contributed by atoms with Crippen molar-refractivity contribution in [2.24, 2.45) is 0 Å². The smallest absolute Gasteiger partial charge is 0.419 e. The molecular weight excluding hydrogens is 478 g/mol. The molecule has 0 aliphatic carbocycles. The predicted molar refractivity (Wildman–Crippen MR) is 146 cm³/mol. The summed E-state index contributed by atoms with van der Waals surface area (Å²) < 4.78 is 13.8. The lowest BCUT2D eigenvalue weighted by Crippen LogP contribution is -2.40. The molecule has 0 aliphatic heterocycles. The van der Waals surface area contributed by atoms with Crippen molar-refractivity contribution < 1.29 is 14.0 Å². The fourth-order valence-electron chi connectivity index (χ4n) is 3.70. The van der Waals surface area contributed by atoms with E-state index in [1.165, 1.54) is 0 Å². The number of halogens is 1. The summed E-state index contributed by atoms with van der Waals surface area (Å²) >= 11 is 6.16. The monoisotopic (exact) mass is 511 g/mol. The summed E-state index contributed by atoms with van der Waals surface area (Å²) in [4.78, 5) is 13.4. The summed E-state index contributed by atoms with van der Waals surface area (Å²) in [6.45, 7) is 17.3. The zero-order chi connectivity index (χ0) is 25.8. The standard InChI is InChI=1S/C27H34ClN3O3Si/c1-26(2,3)34-25(32)31-22-12-9-17(16-33-35(7,8)27(4,5)6)13-18(22)14-23(31)24-20-11-10-19(28)15-21(20)29-30-24/h9-15H,16H2,1-8H3,(H,29,30). The topological polar surface area (TPSA) is 69.1 Å². The van der Waals surface area contributed by atoms with E-state index in [4.69, 9.17) is 20.8 Å². The van der Waals surface area contributed by atoms with Gasteiger partial charge in [-0.05, 0) is 80.9 Å². The molecule has 8 heteroatoms. The lowest BCUT2D eigenvalue weighted by molar-refractivity contribution is 0.0547. The van der Waals surface area contributed by atoms with E-state index < -0.39 is 20.0 Å². The van der Waals surface area contributed by atoms with Gasteiger partial charge in [0.1, 0.15) is 11.3 Å². The SMILES string of the molecule is CC(C)(C)OC(=O)n1c(-c2n[nH]c3cc(Cl)ccc23)cc2cc(CO[Si](C)(C)C(C)(C)C)ccc21. The van der Waals surface area contributed by atoms with Gasteiger partial charge < -0.3 is 9.16 Å². The Morgan fingerprint density at radius 1 is 1.06 bits per heavy atom. The lowest BCUT2D eigenvalue weighted by atomic mass is 10.1. The fraction of sp³-hybridized carbons (Fsp3) is 0.407. The van der Waals surface area contributed by atoms with E-state index >= 15 is 0 Å². The molecule has 0 saturated carbocycles. The third kappa shape index (κ3) is 5.17. The summed E-state index contributed by atoms with van der Waals surface area (Å²) in [5.74, 6) is 0. The Balaban J connectivity index is 1.81. The van der Waals surface area contributed by atoms with Gasteiger partial charge in [0, 0.05) is 15.8 Å². The first kappa shape index (κ1) is 25.5. The van der Waals surface area contributed by atoms with E-state index in [2.05, 4.69) is 50.1 Å². The maximum Gasteiger partial charge on any atom is 0.419 e. The lowest BCUT2D eigenvalue weighted by Gasteiger charge is -2.36. The van der Waals surface area contributed by atoms with Crippen molar-refractivity contribution in [3.8, 4) is 11.4 Å². The van der Waals surface area contributed by atoms with Crippen LogP contribution >= 0.6 is 11.6 Å². The van der Waals surface area contributed by atoms with E-state index in [1.807, 2.05) is 57.2 Å². The Bertz CT molecular complexity index is 1410. The largest absolute Gasteiger partial charge is 0.443 e. The molecule has 0 atom stereocenters. The van der Waals surface area contributed by atoms with Crippen LogP contribution in [0.2, 0.25) is 23.2 Å². The maximum absolute atomic E-state index is 13.4. The molecule has 1 N–H and O–H groups in total. The number of aromatic amines is 1. The number of fused-ring (bicyclic) bond motifs is 2. The van der Waals surface area contributed by atoms with Gasteiger partial charge in [0.15, 0.2) is 8.32 Å². The molecule has 2 aromatic carbocycles. The first-order chi connectivity index (χ1) is 16.2. The van der Waals surface area contributed by atoms with Crippen LogP contribution in [-0.4, -0.2) is 34.8 Å². The van der Waals surface area contributed by atoms with E-state index in [0.29, 0.717) is 23.0 Å². The molecule has 0 unspecified atom stereocenters. The number of hydrogen-bond acceptors (Lipinski definition) is 4. The molecule has 0 amide bonds. The highest BCUT2D eigenvalue weighted by atomic mass is 35.5. The zero-order valence-corrected chi connectivity index (χ0v) is 23.5. The van der Waals surface area contributed by atoms with Crippen LogP contribution < -0.4 is 0 Å². The molecule has 186 valence electrons. The summed E-state index contributed by atoms with van der Waals surface area (Å²) in [5.41, 5.74) is 3.31.